The van der Waals surface area contributed by atoms with Crippen molar-refractivity contribution in [3.63, 3.8) is 0 Å². The zero-order valence-electron chi connectivity index (χ0n) is 13.8. The average Bonchev–Trinajstić information content (AvgIpc) is 2.98. The number of carbonyl (C=O) groups is 1. The lowest BCUT2D eigenvalue weighted by Crippen LogP contribution is -2.22. The number of oxazole rings is 1. The summed E-state index contributed by atoms with van der Waals surface area (Å²) < 4.78 is 15.9. The second-order valence-corrected chi connectivity index (χ2v) is 5.29. The Balaban J connectivity index is 1.72. The monoisotopic (exact) mass is 326 g/mol. The molecule has 1 aromatic heterocycles. The summed E-state index contributed by atoms with van der Waals surface area (Å²) in [5.41, 5.74) is 2.96. The fraction of sp³-hybridized carbons (Fsp3) is 0.222. The Morgan fingerprint density at radius 3 is 2.67 bits per heavy atom. The third-order valence-corrected chi connectivity index (χ3v) is 3.66. The van der Waals surface area contributed by atoms with Crippen molar-refractivity contribution in [1.82, 2.24) is 10.3 Å². The summed E-state index contributed by atoms with van der Waals surface area (Å²) in [7, 11) is 3.09. The molecule has 2 aromatic carbocycles. The van der Waals surface area contributed by atoms with Gasteiger partial charge in [-0.05, 0) is 35.9 Å². The van der Waals surface area contributed by atoms with Gasteiger partial charge in [-0.3, -0.25) is 4.79 Å². The maximum Gasteiger partial charge on any atom is 0.251 e. The van der Waals surface area contributed by atoms with Crippen LogP contribution in [0.2, 0.25) is 0 Å². The van der Waals surface area contributed by atoms with Gasteiger partial charge in [0.25, 0.3) is 5.91 Å². The molecule has 0 atom stereocenters. The number of ether oxygens (including phenoxy) is 2. The summed E-state index contributed by atoms with van der Waals surface area (Å²) >= 11 is 0. The Bertz CT molecular complexity index is 886. The largest absolute Gasteiger partial charge is 0.493 e. The minimum Gasteiger partial charge on any atom is -0.493 e. The molecule has 0 aliphatic rings. The Kier molecular flexibility index (Phi) is 4.37. The molecular formula is C18H18N2O4. The van der Waals surface area contributed by atoms with E-state index in [4.69, 9.17) is 13.9 Å². The maximum atomic E-state index is 12.3. The highest BCUT2D eigenvalue weighted by Gasteiger charge is 2.11. The normalized spacial score (nSPS) is 10.6. The number of hydrogen-bond acceptors (Lipinski definition) is 5. The number of nitrogens with one attached hydrogen (secondary N) is 1. The molecule has 0 saturated carbocycles. The lowest BCUT2D eigenvalue weighted by Gasteiger charge is -2.10. The van der Waals surface area contributed by atoms with E-state index in [1.54, 1.807) is 32.2 Å². The van der Waals surface area contributed by atoms with E-state index in [1.807, 2.05) is 18.2 Å². The number of benzene rings is 2. The lowest BCUT2D eigenvalue weighted by molar-refractivity contribution is 0.0950. The molecule has 0 radical (unpaired) electrons. The molecule has 0 aliphatic heterocycles. The van der Waals surface area contributed by atoms with Crippen LogP contribution in [0.3, 0.4) is 0 Å². The first-order valence-corrected chi connectivity index (χ1v) is 7.47. The van der Waals surface area contributed by atoms with Gasteiger partial charge in [0.05, 0.1) is 14.2 Å². The van der Waals surface area contributed by atoms with Crippen LogP contribution in [0.25, 0.3) is 11.1 Å². The van der Waals surface area contributed by atoms with Crippen LogP contribution in [0.15, 0.2) is 40.8 Å². The van der Waals surface area contributed by atoms with Gasteiger partial charge >= 0.3 is 0 Å². The number of methoxy groups -OCH3 is 2. The summed E-state index contributed by atoms with van der Waals surface area (Å²) in [6.45, 7) is 2.20. The number of hydrogen-bond donors (Lipinski definition) is 1. The first kappa shape index (κ1) is 15.9. The Labute approximate surface area is 139 Å². The quantitative estimate of drug-likeness (QED) is 0.780. The molecule has 0 unspecified atom stereocenters. The number of fused-ring (bicyclic) bond motifs is 1. The zero-order valence-corrected chi connectivity index (χ0v) is 13.8. The van der Waals surface area contributed by atoms with Gasteiger partial charge in [0, 0.05) is 19.0 Å². The predicted octanol–water partition coefficient (Wildman–Crippen LogP) is 3.08. The van der Waals surface area contributed by atoms with Crippen molar-refractivity contribution in [1.29, 1.82) is 0 Å². The van der Waals surface area contributed by atoms with E-state index < -0.39 is 0 Å². The molecule has 6 heteroatoms. The number of aromatic nitrogens is 1. The number of amides is 1. The van der Waals surface area contributed by atoms with E-state index in [0.29, 0.717) is 35.1 Å². The molecule has 0 aliphatic carbocycles. The molecule has 24 heavy (non-hydrogen) atoms. The van der Waals surface area contributed by atoms with Crippen molar-refractivity contribution in [2.24, 2.45) is 0 Å². The highest BCUT2D eigenvalue weighted by Crippen LogP contribution is 2.27. The maximum absolute atomic E-state index is 12.3. The molecule has 3 aromatic rings. The van der Waals surface area contributed by atoms with Crippen molar-refractivity contribution >= 4 is 17.0 Å². The second-order valence-electron chi connectivity index (χ2n) is 5.29. The van der Waals surface area contributed by atoms with Crippen LogP contribution in [0.4, 0.5) is 0 Å². The fourth-order valence-electron chi connectivity index (χ4n) is 2.46. The van der Waals surface area contributed by atoms with Crippen LogP contribution >= 0.6 is 0 Å². The van der Waals surface area contributed by atoms with Crippen LogP contribution in [0.5, 0.6) is 11.5 Å². The van der Waals surface area contributed by atoms with Crippen LogP contribution in [-0.4, -0.2) is 25.1 Å². The zero-order chi connectivity index (χ0) is 17.1. The molecule has 1 heterocycles. The van der Waals surface area contributed by atoms with E-state index >= 15 is 0 Å². The highest BCUT2D eigenvalue weighted by atomic mass is 16.5. The second kappa shape index (κ2) is 6.62. The minimum atomic E-state index is -0.190. The van der Waals surface area contributed by atoms with Gasteiger partial charge in [-0.15, -0.1) is 0 Å². The van der Waals surface area contributed by atoms with E-state index in [9.17, 15) is 4.79 Å². The van der Waals surface area contributed by atoms with Crippen LogP contribution in [-0.2, 0) is 6.54 Å². The fourth-order valence-corrected chi connectivity index (χ4v) is 2.46. The molecule has 6 nitrogen and oxygen atoms in total. The van der Waals surface area contributed by atoms with Gasteiger partial charge in [0.15, 0.2) is 23.0 Å². The van der Waals surface area contributed by atoms with Gasteiger partial charge in [0.2, 0.25) is 0 Å². The van der Waals surface area contributed by atoms with Crippen LogP contribution < -0.4 is 14.8 Å². The number of carbonyl (C=O) groups excluding carboxylic acids is 1. The molecule has 1 amide bonds. The number of nitrogens with zero attached hydrogens (tertiary/aromatic N) is 1. The third kappa shape index (κ3) is 3.17. The van der Waals surface area contributed by atoms with E-state index in [-0.39, 0.29) is 5.91 Å². The topological polar surface area (TPSA) is 73.6 Å². The summed E-state index contributed by atoms with van der Waals surface area (Å²) in [6, 6.07) is 10.7. The van der Waals surface area contributed by atoms with Crippen molar-refractivity contribution in [2.45, 2.75) is 13.5 Å². The Morgan fingerprint density at radius 1 is 1.12 bits per heavy atom. The average molecular weight is 326 g/mol. The number of rotatable bonds is 5. The third-order valence-electron chi connectivity index (χ3n) is 3.66. The summed E-state index contributed by atoms with van der Waals surface area (Å²) in [4.78, 5) is 16.6. The molecule has 0 spiro atoms. The van der Waals surface area contributed by atoms with Crippen LogP contribution in [0, 0.1) is 6.92 Å². The summed E-state index contributed by atoms with van der Waals surface area (Å²) in [5, 5.41) is 2.88. The van der Waals surface area contributed by atoms with Gasteiger partial charge < -0.3 is 19.2 Å². The first-order valence-electron chi connectivity index (χ1n) is 7.47. The van der Waals surface area contributed by atoms with Crippen molar-refractivity contribution in [2.75, 3.05) is 14.2 Å². The lowest BCUT2D eigenvalue weighted by atomic mass is 10.1. The standard InChI is InChI=1S/C18H18N2O4/c1-11-20-14-6-4-12(8-16(14)24-11)10-19-18(21)13-5-7-15(22-2)17(9-13)23-3/h4-9H,10H2,1-3H3,(H,19,21). The molecule has 1 N–H and O–H groups in total. The minimum absolute atomic E-state index is 0.190. The molecular weight excluding hydrogens is 308 g/mol. The van der Waals surface area contributed by atoms with Gasteiger partial charge in [0.1, 0.15) is 5.52 Å². The Morgan fingerprint density at radius 2 is 1.92 bits per heavy atom. The van der Waals surface area contributed by atoms with E-state index in [2.05, 4.69) is 10.3 Å². The first-order chi connectivity index (χ1) is 11.6. The number of aryl methyl sites for hydroxylation is 1. The van der Waals surface area contributed by atoms with Crippen molar-refractivity contribution in [3.05, 3.63) is 53.4 Å². The van der Waals surface area contributed by atoms with Crippen molar-refractivity contribution in [3.8, 4) is 11.5 Å². The smallest absolute Gasteiger partial charge is 0.251 e. The van der Waals surface area contributed by atoms with Crippen LogP contribution in [0.1, 0.15) is 21.8 Å². The summed E-state index contributed by atoms with van der Waals surface area (Å²) in [6.07, 6.45) is 0. The van der Waals surface area contributed by atoms with E-state index in [0.717, 1.165) is 11.1 Å². The molecule has 0 fully saturated rings. The SMILES string of the molecule is COc1ccc(C(=O)NCc2ccc3nc(C)oc3c2)cc1OC. The molecule has 3 rings (SSSR count). The predicted molar refractivity (Wildman–Crippen MR) is 89.5 cm³/mol. The molecule has 0 bridgehead atoms. The molecule has 124 valence electrons. The molecule has 0 saturated heterocycles. The Hall–Kier alpha value is -3.02. The summed E-state index contributed by atoms with van der Waals surface area (Å²) in [5.74, 6) is 1.53. The van der Waals surface area contributed by atoms with E-state index in [1.165, 1.54) is 7.11 Å². The highest BCUT2D eigenvalue weighted by molar-refractivity contribution is 5.94. The van der Waals surface area contributed by atoms with Gasteiger partial charge in [-0.2, -0.15) is 0 Å². The van der Waals surface area contributed by atoms with Crippen molar-refractivity contribution < 1.29 is 18.7 Å². The van der Waals surface area contributed by atoms with Gasteiger partial charge in [-0.1, -0.05) is 6.07 Å². The van der Waals surface area contributed by atoms with Gasteiger partial charge in [-0.25, -0.2) is 4.98 Å².